The number of halogens is 3. The van der Waals surface area contributed by atoms with E-state index >= 15 is 0 Å². The van der Waals surface area contributed by atoms with Gasteiger partial charge in [0.2, 0.25) is 17.4 Å². The molecule has 1 unspecified atom stereocenters. The second-order valence-electron chi connectivity index (χ2n) is 9.31. The van der Waals surface area contributed by atoms with Gasteiger partial charge in [-0.2, -0.15) is 13.2 Å². The van der Waals surface area contributed by atoms with Gasteiger partial charge in [-0.15, -0.1) is 0 Å². The van der Waals surface area contributed by atoms with Crippen molar-refractivity contribution in [2.75, 3.05) is 16.8 Å². The summed E-state index contributed by atoms with van der Waals surface area (Å²) < 4.78 is 41.2. The summed E-state index contributed by atoms with van der Waals surface area (Å²) in [6.45, 7) is 2.48. The van der Waals surface area contributed by atoms with Gasteiger partial charge in [-0.3, -0.25) is 14.4 Å². The lowest BCUT2D eigenvalue weighted by Gasteiger charge is -2.33. The lowest BCUT2D eigenvalue weighted by molar-refractivity contribution is -0.948. The third-order valence-electron chi connectivity index (χ3n) is 7.91. The highest BCUT2D eigenvalue weighted by Crippen LogP contribution is 2.53. The van der Waals surface area contributed by atoms with Crippen molar-refractivity contribution in [2.45, 2.75) is 37.5 Å². The number of amides is 3. The summed E-state index contributed by atoms with van der Waals surface area (Å²) in [4.78, 5) is 42.7. The molecule has 0 aliphatic carbocycles. The molecular weight excluding hydrogens is 435 g/mol. The summed E-state index contributed by atoms with van der Waals surface area (Å²) in [5.41, 5.74) is -0.686. The molecule has 9 heteroatoms. The minimum atomic E-state index is -4.73. The number of carbonyl (C=O) groups excluding carboxylic acids is 3. The van der Waals surface area contributed by atoms with E-state index in [0.29, 0.717) is 29.1 Å². The first kappa shape index (κ1) is 20.4. The predicted octanol–water partition coefficient (Wildman–Crippen LogP) is 2.03. The van der Waals surface area contributed by atoms with Gasteiger partial charge in [0.25, 0.3) is 5.91 Å². The number of anilines is 2. The molecule has 3 saturated heterocycles. The van der Waals surface area contributed by atoms with Crippen LogP contribution in [0.2, 0.25) is 0 Å². The highest BCUT2D eigenvalue weighted by atomic mass is 19.4. The molecule has 2 aromatic carbocycles. The Morgan fingerprint density at radius 3 is 2.58 bits per heavy atom. The topological polar surface area (TPSA) is 70.9 Å². The summed E-state index contributed by atoms with van der Waals surface area (Å²) in [5, 5.41) is 2.93. The van der Waals surface area contributed by atoms with Gasteiger partial charge < -0.3 is 10.2 Å². The van der Waals surface area contributed by atoms with Crippen molar-refractivity contribution < 1.29 is 32.5 Å². The van der Waals surface area contributed by atoms with Crippen LogP contribution in [-0.2, 0) is 26.1 Å². The SMILES string of the molecule is Cc1cccc2c1NC(=O)[C@@]21[C@@H]2C(=O)N(c3ccccc3C(F)(F)F)C(=O)[C@@H]2[C@@H]2CCC[NH+]21. The predicted molar refractivity (Wildman–Crippen MR) is 111 cm³/mol. The van der Waals surface area contributed by atoms with Gasteiger partial charge in [0.05, 0.1) is 23.5 Å². The van der Waals surface area contributed by atoms with Crippen LogP contribution in [0.1, 0.15) is 29.5 Å². The van der Waals surface area contributed by atoms with Gasteiger partial charge in [-0.25, -0.2) is 4.90 Å². The third-order valence-corrected chi connectivity index (χ3v) is 7.91. The third kappa shape index (κ3) is 2.35. The fourth-order valence-corrected chi connectivity index (χ4v) is 6.78. The van der Waals surface area contributed by atoms with Crippen molar-refractivity contribution in [1.29, 1.82) is 0 Å². The van der Waals surface area contributed by atoms with E-state index in [2.05, 4.69) is 5.32 Å². The Balaban J connectivity index is 1.57. The number of imide groups is 1. The number of hydrogen-bond acceptors (Lipinski definition) is 3. The fraction of sp³-hybridized carbons (Fsp3) is 0.375. The molecular formula is C24H21F3N3O3+. The fourth-order valence-electron chi connectivity index (χ4n) is 6.78. The lowest BCUT2D eigenvalue weighted by Crippen LogP contribution is -3.19. The van der Waals surface area contributed by atoms with Crippen molar-refractivity contribution in [3.05, 3.63) is 59.2 Å². The zero-order chi connectivity index (χ0) is 23.3. The molecule has 2 N–H and O–H groups in total. The Bertz CT molecular complexity index is 1240. The molecule has 1 spiro atoms. The molecule has 0 radical (unpaired) electrons. The number of alkyl halides is 3. The number of benzene rings is 2. The molecule has 4 aliphatic rings. The highest BCUT2D eigenvalue weighted by Gasteiger charge is 2.78. The van der Waals surface area contributed by atoms with Crippen LogP contribution in [0.15, 0.2) is 42.5 Å². The Labute approximate surface area is 187 Å². The van der Waals surface area contributed by atoms with E-state index in [1.54, 1.807) is 6.07 Å². The number of para-hydroxylation sites is 2. The van der Waals surface area contributed by atoms with Crippen LogP contribution in [0.25, 0.3) is 0 Å². The first-order chi connectivity index (χ1) is 15.7. The first-order valence-electron chi connectivity index (χ1n) is 11.0. The number of nitrogens with zero attached hydrogens (tertiary/aromatic N) is 1. The average molecular weight is 456 g/mol. The van der Waals surface area contributed by atoms with E-state index in [4.69, 9.17) is 0 Å². The monoisotopic (exact) mass is 456 g/mol. The Hall–Kier alpha value is -3.20. The Morgan fingerprint density at radius 1 is 1.06 bits per heavy atom. The molecule has 0 saturated carbocycles. The van der Waals surface area contributed by atoms with E-state index in [9.17, 15) is 27.6 Å². The second kappa shape index (κ2) is 6.44. The standard InChI is InChI=1S/C24H20F3N3O3/c1-12-6-4-8-14-19(12)28-22(33)23(14)18-17(16-10-5-11-29(16)23)20(31)30(21(18)32)15-9-3-2-7-13(15)24(25,26)27/h2-4,6-9,16-18H,5,10-11H2,1H3,(H,28,33)/p+1/t16-,17+,18-,23-/m0/s1. The van der Waals surface area contributed by atoms with Crippen LogP contribution in [0.3, 0.4) is 0 Å². The summed E-state index contributed by atoms with van der Waals surface area (Å²) >= 11 is 0. The van der Waals surface area contributed by atoms with Crippen molar-refractivity contribution in [3.63, 3.8) is 0 Å². The smallest absolute Gasteiger partial charge is 0.320 e. The largest absolute Gasteiger partial charge is 0.418 e. The number of aryl methyl sites for hydroxylation is 1. The minimum Gasteiger partial charge on any atom is -0.320 e. The molecule has 4 aliphatic heterocycles. The second-order valence-corrected chi connectivity index (χ2v) is 9.31. The number of rotatable bonds is 1. The molecule has 2 aromatic rings. The maximum Gasteiger partial charge on any atom is 0.418 e. The molecule has 33 heavy (non-hydrogen) atoms. The Kier molecular flexibility index (Phi) is 3.98. The van der Waals surface area contributed by atoms with Crippen LogP contribution in [0.5, 0.6) is 0 Å². The van der Waals surface area contributed by atoms with Gasteiger partial charge in [0.15, 0.2) is 0 Å². The molecule has 0 aromatic heterocycles. The molecule has 170 valence electrons. The van der Waals surface area contributed by atoms with Gasteiger partial charge >= 0.3 is 6.18 Å². The van der Waals surface area contributed by atoms with E-state index < -0.39 is 46.6 Å². The molecule has 6 rings (SSSR count). The van der Waals surface area contributed by atoms with Crippen LogP contribution in [0.4, 0.5) is 24.5 Å². The minimum absolute atomic E-state index is 0.299. The van der Waals surface area contributed by atoms with E-state index in [1.165, 1.54) is 12.1 Å². The maximum absolute atomic E-state index is 13.9. The quantitative estimate of drug-likeness (QED) is 0.646. The number of fused-ring (bicyclic) bond motifs is 7. The van der Waals surface area contributed by atoms with Crippen molar-refractivity contribution in [1.82, 2.24) is 0 Å². The van der Waals surface area contributed by atoms with E-state index in [-0.39, 0.29) is 11.9 Å². The summed E-state index contributed by atoms with van der Waals surface area (Å²) in [6, 6.07) is 9.80. The van der Waals surface area contributed by atoms with Crippen molar-refractivity contribution >= 4 is 29.1 Å². The zero-order valence-electron chi connectivity index (χ0n) is 17.7. The van der Waals surface area contributed by atoms with Crippen LogP contribution < -0.4 is 15.1 Å². The normalized spacial score (nSPS) is 32.4. The number of nitrogens with one attached hydrogen (secondary N) is 2. The number of carbonyl (C=O) groups is 3. The number of quaternary nitrogens is 1. The van der Waals surface area contributed by atoms with Crippen molar-refractivity contribution in [3.8, 4) is 0 Å². The maximum atomic E-state index is 13.9. The van der Waals surface area contributed by atoms with E-state index in [1.807, 2.05) is 19.1 Å². The van der Waals surface area contributed by atoms with Gasteiger partial charge in [0, 0.05) is 18.4 Å². The number of hydrogen-bond donors (Lipinski definition) is 2. The highest BCUT2D eigenvalue weighted by molar-refractivity contribution is 6.25. The van der Waals surface area contributed by atoms with Gasteiger partial charge in [0.1, 0.15) is 17.9 Å². The molecule has 3 amide bonds. The van der Waals surface area contributed by atoms with Gasteiger partial charge in [-0.1, -0.05) is 30.3 Å². The summed E-state index contributed by atoms with van der Waals surface area (Å²) in [7, 11) is 0. The lowest BCUT2D eigenvalue weighted by atomic mass is 9.75. The van der Waals surface area contributed by atoms with E-state index in [0.717, 1.165) is 29.0 Å². The zero-order valence-corrected chi connectivity index (χ0v) is 17.7. The molecule has 6 nitrogen and oxygen atoms in total. The van der Waals surface area contributed by atoms with Gasteiger partial charge in [-0.05, 0) is 24.6 Å². The average Bonchev–Trinajstić information content (AvgIpc) is 3.47. The first-order valence-corrected chi connectivity index (χ1v) is 11.0. The van der Waals surface area contributed by atoms with Crippen LogP contribution in [-0.4, -0.2) is 30.3 Å². The van der Waals surface area contributed by atoms with Crippen LogP contribution in [0, 0.1) is 18.8 Å². The molecule has 0 bridgehead atoms. The molecule has 4 heterocycles. The Morgan fingerprint density at radius 2 is 1.82 bits per heavy atom. The summed E-state index contributed by atoms with van der Waals surface area (Å²) in [5.74, 6) is -3.61. The summed E-state index contributed by atoms with van der Waals surface area (Å²) in [6.07, 6.45) is -3.31. The molecule has 5 atom stereocenters. The molecule has 3 fully saturated rings. The van der Waals surface area contributed by atoms with Crippen molar-refractivity contribution in [2.24, 2.45) is 11.8 Å². The van der Waals surface area contributed by atoms with Crippen LogP contribution >= 0.6 is 0 Å².